The van der Waals surface area contributed by atoms with E-state index in [-0.39, 0.29) is 6.10 Å². The summed E-state index contributed by atoms with van der Waals surface area (Å²) in [7, 11) is 1.65. The third-order valence-electron chi connectivity index (χ3n) is 4.00. The standard InChI is InChI=1S/C18H22N2O3S/c1-21-15-8-6-14(7-9-15)19-18(24)20(12-16-4-2-10-22-16)13-17-5-3-11-23-17/h2,4,6-10,17H,3,5,11-13H2,1H3,(H,19,24). The lowest BCUT2D eigenvalue weighted by molar-refractivity contribution is 0.0892. The second-order valence-corrected chi connectivity index (χ2v) is 6.14. The Hall–Kier alpha value is -2.05. The summed E-state index contributed by atoms with van der Waals surface area (Å²) < 4.78 is 16.4. The van der Waals surface area contributed by atoms with E-state index in [2.05, 4.69) is 10.2 Å². The second-order valence-electron chi connectivity index (χ2n) is 5.75. The predicted molar refractivity (Wildman–Crippen MR) is 97.3 cm³/mol. The lowest BCUT2D eigenvalue weighted by atomic mass is 10.2. The van der Waals surface area contributed by atoms with Crippen LogP contribution in [0.2, 0.25) is 0 Å². The Morgan fingerprint density at radius 2 is 2.17 bits per heavy atom. The molecule has 1 atom stereocenters. The van der Waals surface area contributed by atoms with Crippen LogP contribution in [0.4, 0.5) is 5.69 Å². The van der Waals surface area contributed by atoms with Gasteiger partial charge in [0.05, 0.1) is 26.0 Å². The van der Waals surface area contributed by atoms with Crippen molar-refractivity contribution in [2.75, 3.05) is 25.6 Å². The summed E-state index contributed by atoms with van der Waals surface area (Å²) in [5.41, 5.74) is 0.928. The molecule has 1 aliphatic rings. The molecule has 1 saturated heterocycles. The van der Waals surface area contributed by atoms with Gasteiger partial charge in [-0.2, -0.15) is 0 Å². The van der Waals surface area contributed by atoms with Crippen LogP contribution in [0.15, 0.2) is 47.1 Å². The molecule has 3 rings (SSSR count). The Bertz CT molecular complexity index is 637. The Kier molecular flexibility index (Phi) is 5.72. The highest BCUT2D eigenvalue weighted by atomic mass is 32.1. The molecular formula is C18H22N2O3S. The molecule has 0 aliphatic carbocycles. The Morgan fingerprint density at radius 1 is 1.33 bits per heavy atom. The van der Waals surface area contributed by atoms with Gasteiger partial charge in [-0.3, -0.25) is 0 Å². The van der Waals surface area contributed by atoms with Crippen LogP contribution in [0.25, 0.3) is 0 Å². The average Bonchev–Trinajstić information content (AvgIpc) is 3.29. The molecule has 1 unspecified atom stereocenters. The number of nitrogens with one attached hydrogen (secondary N) is 1. The number of hydrogen-bond acceptors (Lipinski definition) is 4. The van der Waals surface area contributed by atoms with E-state index in [1.165, 1.54) is 0 Å². The molecule has 24 heavy (non-hydrogen) atoms. The normalized spacial score (nSPS) is 16.8. The number of methoxy groups -OCH3 is 1. The molecule has 0 spiro atoms. The molecule has 1 N–H and O–H groups in total. The molecule has 1 aromatic heterocycles. The van der Waals surface area contributed by atoms with Gasteiger partial charge in [-0.25, -0.2) is 0 Å². The van der Waals surface area contributed by atoms with Crippen molar-refractivity contribution in [3.05, 3.63) is 48.4 Å². The van der Waals surface area contributed by atoms with E-state index in [1.54, 1.807) is 13.4 Å². The first-order chi connectivity index (χ1) is 11.7. The first-order valence-electron chi connectivity index (χ1n) is 8.08. The first-order valence-corrected chi connectivity index (χ1v) is 8.49. The number of rotatable bonds is 6. The van der Waals surface area contributed by atoms with Crippen molar-refractivity contribution in [3.63, 3.8) is 0 Å². The number of ether oxygens (including phenoxy) is 2. The molecular weight excluding hydrogens is 324 g/mol. The maximum absolute atomic E-state index is 5.76. The summed E-state index contributed by atoms with van der Waals surface area (Å²) in [5, 5.41) is 3.94. The van der Waals surface area contributed by atoms with Crippen molar-refractivity contribution in [1.29, 1.82) is 0 Å². The number of thiocarbonyl (C=S) groups is 1. The van der Waals surface area contributed by atoms with Crippen molar-refractivity contribution >= 4 is 23.0 Å². The van der Waals surface area contributed by atoms with E-state index in [0.29, 0.717) is 11.7 Å². The third kappa shape index (κ3) is 4.49. The number of hydrogen-bond donors (Lipinski definition) is 1. The van der Waals surface area contributed by atoms with E-state index in [1.807, 2.05) is 36.4 Å². The van der Waals surface area contributed by atoms with Crippen molar-refractivity contribution in [2.24, 2.45) is 0 Å². The molecule has 0 radical (unpaired) electrons. The van der Waals surface area contributed by atoms with E-state index in [4.69, 9.17) is 26.1 Å². The smallest absolute Gasteiger partial charge is 0.173 e. The minimum absolute atomic E-state index is 0.218. The van der Waals surface area contributed by atoms with Gasteiger partial charge in [-0.1, -0.05) is 0 Å². The highest BCUT2D eigenvalue weighted by Crippen LogP contribution is 2.18. The van der Waals surface area contributed by atoms with Gasteiger partial charge in [-0.05, 0) is 61.5 Å². The summed E-state index contributed by atoms with van der Waals surface area (Å²) in [6.07, 6.45) is 4.08. The highest BCUT2D eigenvalue weighted by Gasteiger charge is 2.21. The van der Waals surface area contributed by atoms with E-state index in [0.717, 1.165) is 43.2 Å². The summed E-state index contributed by atoms with van der Waals surface area (Å²) in [4.78, 5) is 2.09. The van der Waals surface area contributed by atoms with Crippen LogP contribution in [0, 0.1) is 0 Å². The predicted octanol–water partition coefficient (Wildman–Crippen LogP) is 3.67. The maximum atomic E-state index is 5.76. The Labute approximate surface area is 147 Å². The third-order valence-corrected chi connectivity index (χ3v) is 4.36. The summed E-state index contributed by atoms with van der Waals surface area (Å²) in [5.74, 6) is 1.70. The van der Waals surface area contributed by atoms with Gasteiger partial charge in [0, 0.05) is 18.8 Å². The van der Waals surface area contributed by atoms with Gasteiger partial charge in [0.1, 0.15) is 11.5 Å². The van der Waals surface area contributed by atoms with Gasteiger partial charge in [-0.15, -0.1) is 0 Å². The van der Waals surface area contributed by atoms with Crippen LogP contribution < -0.4 is 10.1 Å². The number of benzene rings is 1. The zero-order valence-corrected chi connectivity index (χ0v) is 14.6. The topological polar surface area (TPSA) is 46.9 Å². The molecule has 1 aliphatic heterocycles. The Morgan fingerprint density at radius 3 is 2.79 bits per heavy atom. The monoisotopic (exact) mass is 346 g/mol. The van der Waals surface area contributed by atoms with Gasteiger partial charge < -0.3 is 24.1 Å². The van der Waals surface area contributed by atoms with Gasteiger partial charge >= 0.3 is 0 Å². The fraction of sp³-hybridized carbons (Fsp3) is 0.389. The SMILES string of the molecule is COc1ccc(NC(=S)N(Cc2ccco2)CC2CCCO2)cc1. The van der Waals surface area contributed by atoms with Crippen LogP contribution in [-0.4, -0.2) is 36.4 Å². The molecule has 0 saturated carbocycles. The molecule has 0 amide bonds. The molecule has 1 fully saturated rings. The molecule has 2 aromatic rings. The van der Waals surface area contributed by atoms with Gasteiger partial charge in [0.25, 0.3) is 0 Å². The largest absolute Gasteiger partial charge is 0.497 e. The van der Waals surface area contributed by atoms with Crippen molar-refractivity contribution in [1.82, 2.24) is 4.90 Å². The first kappa shape index (κ1) is 16.8. The fourth-order valence-corrected chi connectivity index (χ4v) is 2.98. The number of furan rings is 1. The van der Waals surface area contributed by atoms with Crippen LogP contribution in [0.3, 0.4) is 0 Å². The lowest BCUT2D eigenvalue weighted by Gasteiger charge is -2.27. The van der Waals surface area contributed by atoms with E-state index < -0.39 is 0 Å². The van der Waals surface area contributed by atoms with Gasteiger partial charge in [0.2, 0.25) is 0 Å². The minimum atomic E-state index is 0.218. The van der Waals surface area contributed by atoms with Gasteiger partial charge in [0.15, 0.2) is 5.11 Å². The van der Waals surface area contributed by atoms with E-state index >= 15 is 0 Å². The van der Waals surface area contributed by atoms with Crippen LogP contribution >= 0.6 is 12.2 Å². The zero-order chi connectivity index (χ0) is 16.8. The zero-order valence-electron chi connectivity index (χ0n) is 13.7. The van der Waals surface area contributed by atoms with Crippen LogP contribution in [0.1, 0.15) is 18.6 Å². The van der Waals surface area contributed by atoms with Crippen molar-refractivity contribution in [3.8, 4) is 5.75 Å². The molecule has 2 heterocycles. The maximum Gasteiger partial charge on any atom is 0.173 e. The summed E-state index contributed by atoms with van der Waals surface area (Å²) in [6, 6.07) is 11.5. The fourth-order valence-electron chi connectivity index (χ4n) is 2.72. The quantitative estimate of drug-likeness (QED) is 0.806. The average molecular weight is 346 g/mol. The molecule has 5 nitrogen and oxygen atoms in total. The van der Waals surface area contributed by atoms with Crippen LogP contribution in [-0.2, 0) is 11.3 Å². The minimum Gasteiger partial charge on any atom is -0.497 e. The molecule has 6 heteroatoms. The molecule has 1 aromatic carbocycles. The number of nitrogens with zero attached hydrogens (tertiary/aromatic N) is 1. The summed E-state index contributed by atoms with van der Waals surface area (Å²) >= 11 is 5.61. The second kappa shape index (κ2) is 8.17. The number of anilines is 1. The van der Waals surface area contributed by atoms with Crippen molar-refractivity contribution in [2.45, 2.75) is 25.5 Å². The Balaban J connectivity index is 1.66. The molecule has 128 valence electrons. The van der Waals surface area contributed by atoms with Crippen molar-refractivity contribution < 1.29 is 13.9 Å². The van der Waals surface area contributed by atoms with Crippen LogP contribution in [0.5, 0.6) is 5.75 Å². The molecule has 0 bridgehead atoms. The summed E-state index contributed by atoms with van der Waals surface area (Å²) in [6.45, 7) is 2.20. The lowest BCUT2D eigenvalue weighted by Crippen LogP contribution is -2.39. The van der Waals surface area contributed by atoms with E-state index in [9.17, 15) is 0 Å². The highest BCUT2D eigenvalue weighted by molar-refractivity contribution is 7.80.